The predicted molar refractivity (Wildman–Crippen MR) is 113 cm³/mol. The molecular formula is C23H27NO5S. The van der Waals surface area contributed by atoms with E-state index < -0.39 is 16.1 Å². The van der Waals surface area contributed by atoms with Gasteiger partial charge in [0.05, 0.1) is 17.7 Å². The summed E-state index contributed by atoms with van der Waals surface area (Å²) in [6.07, 6.45) is 4.56. The van der Waals surface area contributed by atoms with Gasteiger partial charge in [-0.1, -0.05) is 36.0 Å². The summed E-state index contributed by atoms with van der Waals surface area (Å²) < 4.78 is 38.4. The Kier molecular flexibility index (Phi) is 7.35. The van der Waals surface area contributed by atoms with E-state index in [4.69, 9.17) is 9.15 Å². The lowest BCUT2D eigenvalue weighted by Gasteiger charge is -2.29. The van der Waals surface area contributed by atoms with E-state index >= 15 is 0 Å². The van der Waals surface area contributed by atoms with Crippen LogP contribution in [0.1, 0.15) is 37.5 Å². The molecule has 0 spiro atoms. The molecule has 2 aromatic rings. The van der Waals surface area contributed by atoms with Crippen LogP contribution >= 0.6 is 0 Å². The molecule has 6 nitrogen and oxygen atoms in total. The van der Waals surface area contributed by atoms with Crippen LogP contribution in [0.4, 0.5) is 0 Å². The summed E-state index contributed by atoms with van der Waals surface area (Å²) in [5.74, 6) is 6.50. The Hall–Kier alpha value is -2.56. The van der Waals surface area contributed by atoms with E-state index in [0.717, 1.165) is 24.8 Å². The molecule has 0 bridgehead atoms. The average molecular weight is 430 g/mol. The van der Waals surface area contributed by atoms with Crippen LogP contribution in [0.25, 0.3) is 0 Å². The Morgan fingerprint density at radius 1 is 1.27 bits per heavy atom. The second kappa shape index (κ2) is 9.96. The quantitative estimate of drug-likeness (QED) is 0.474. The number of esters is 1. The van der Waals surface area contributed by atoms with Crippen molar-refractivity contribution in [3.8, 4) is 11.8 Å². The molecule has 1 aromatic heterocycles. The third kappa shape index (κ3) is 5.74. The minimum Gasteiger partial charge on any atom is -0.469 e. The van der Waals surface area contributed by atoms with Crippen LogP contribution in [-0.4, -0.2) is 37.9 Å². The van der Waals surface area contributed by atoms with Gasteiger partial charge in [-0.15, -0.1) is 0 Å². The molecule has 1 atom stereocenters. The number of hydrogen-bond acceptors (Lipinski definition) is 5. The van der Waals surface area contributed by atoms with Crippen LogP contribution in [0.5, 0.6) is 0 Å². The van der Waals surface area contributed by atoms with Crippen molar-refractivity contribution in [3.63, 3.8) is 0 Å². The molecule has 0 aliphatic heterocycles. The molecule has 3 rings (SSSR count). The minimum absolute atomic E-state index is 0.0153. The van der Waals surface area contributed by atoms with Gasteiger partial charge < -0.3 is 9.15 Å². The number of aryl methyl sites for hydroxylation is 1. The molecule has 1 saturated carbocycles. The van der Waals surface area contributed by atoms with Crippen LogP contribution in [-0.2, 0) is 26.0 Å². The fourth-order valence-electron chi connectivity index (χ4n) is 3.23. The molecular weight excluding hydrogens is 402 g/mol. The molecule has 0 amide bonds. The molecule has 30 heavy (non-hydrogen) atoms. The van der Waals surface area contributed by atoms with Gasteiger partial charge in [-0.2, -0.15) is 4.31 Å². The maximum absolute atomic E-state index is 13.2. The van der Waals surface area contributed by atoms with Crippen LogP contribution in [0.15, 0.2) is 52.0 Å². The highest BCUT2D eigenvalue weighted by molar-refractivity contribution is 7.89. The lowest BCUT2D eigenvalue weighted by Crippen LogP contribution is -2.34. The number of sulfonamides is 1. The molecule has 1 fully saturated rings. The van der Waals surface area contributed by atoms with E-state index in [9.17, 15) is 13.2 Å². The summed E-state index contributed by atoms with van der Waals surface area (Å²) in [6.45, 7) is 3.53. The number of ether oxygens (including phenoxy) is 1. The highest BCUT2D eigenvalue weighted by Crippen LogP contribution is 2.31. The lowest BCUT2D eigenvalue weighted by atomic mass is 9.81. The molecule has 1 aromatic carbocycles. The molecule has 7 heteroatoms. The summed E-state index contributed by atoms with van der Waals surface area (Å²) in [7, 11) is -3.72. The first kappa shape index (κ1) is 22.1. The standard InChI is InChI=1S/C23H27NO5S/c1-18-10-12-22(13-11-18)30(26,27)24(16-14-21-8-5-17-28-21)15-4-9-23(29-19(2)25)20-6-3-7-20/h5,8,10-13,17,20,23H,3,6-7,14-16H2,1-2H3. The van der Waals surface area contributed by atoms with Gasteiger partial charge >= 0.3 is 5.97 Å². The summed E-state index contributed by atoms with van der Waals surface area (Å²) >= 11 is 0. The van der Waals surface area contributed by atoms with Crippen molar-refractivity contribution in [2.24, 2.45) is 5.92 Å². The number of benzene rings is 1. The third-order valence-electron chi connectivity index (χ3n) is 5.22. The predicted octanol–water partition coefficient (Wildman–Crippen LogP) is 3.56. The molecule has 1 heterocycles. The molecule has 1 unspecified atom stereocenters. The first-order valence-electron chi connectivity index (χ1n) is 10.1. The Bertz CT molecular complexity index is 996. The van der Waals surface area contributed by atoms with E-state index in [2.05, 4.69) is 11.8 Å². The molecule has 0 radical (unpaired) electrons. The molecule has 0 N–H and O–H groups in total. The Labute approximate surface area is 178 Å². The number of carbonyl (C=O) groups is 1. The second-order valence-corrected chi connectivity index (χ2v) is 9.46. The van der Waals surface area contributed by atoms with Gasteiger partial charge in [-0.05, 0) is 44.0 Å². The van der Waals surface area contributed by atoms with Crippen molar-refractivity contribution in [2.45, 2.75) is 50.5 Å². The summed E-state index contributed by atoms with van der Waals surface area (Å²) in [5.41, 5.74) is 0.987. The van der Waals surface area contributed by atoms with Gasteiger partial charge in [0.1, 0.15) is 5.76 Å². The smallest absolute Gasteiger partial charge is 0.303 e. The second-order valence-electron chi connectivity index (χ2n) is 7.52. The molecule has 1 aliphatic carbocycles. The van der Waals surface area contributed by atoms with Gasteiger partial charge in [-0.3, -0.25) is 4.79 Å². The Morgan fingerprint density at radius 2 is 2.00 bits per heavy atom. The summed E-state index contributed by atoms with van der Waals surface area (Å²) in [5, 5.41) is 0. The average Bonchev–Trinajstić information content (AvgIpc) is 3.16. The maximum atomic E-state index is 13.2. The first-order chi connectivity index (χ1) is 14.4. The van der Waals surface area contributed by atoms with E-state index in [-0.39, 0.29) is 29.9 Å². The summed E-state index contributed by atoms with van der Waals surface area (Å²) in [6, 6.07) is 10.3. The topological polar surface area (TPSA) is 76.8 Å². The molecule has 0 saturated heterocycles. The van der Waals surface area contributed by atoms with Gasteiger partial charge in [0.15, 0.2) is 6.10 Å². The van der Waals surface area contributed by atoms with Crippen LogP contribution < -0.4 is 0 Å². The highest BCUT2D eigenvalue weighted by atomic mass is 32.2. The number of carbonyl (C=O) groups excluding carboxylic acids is 1. The number of rotatable bonds is 8. The minimum atomic E-state index is -3.72. The lowest BCUT2D eigenvalue weighted by molar-refractivity contribution is -0.147. The monoisotopic (exact) mass is 429 g/mol. The van der Waals surface area contributed by atoms with Crippen molar-refractivity contribution in [3.05, 3.63) is 54.0 Å². The Morgan fingerprint density at radius 3 is 2.57 bits per heavy atom. The van der Waals surface area contributed by atoms with Crippen molar-refractivity contribution in [2.75, 3.05) is 13.1 Å². The van der Waals surface area contributed by atoms with Gasteiger partial charge in [-0.25, -0.2) is 8.42 Å². The molecule has 1 aliphatic rings. The van der Waals surface area contributed by atoms with E-state index in [1.54, 1.807) is 36.6 Å². The van der Waals surface area contributed by atoms with Crippen LogP contribution in [0.3, 0.4) is 0 Å². The van der Waals surface area contributed by atoms with Crippen molar-refractivity contribution >= 4 is 16.0 Å². The van der Waals surface area contributed by atoms with Crippen molar-refractivity contribution in [1.29, 1.82) is 0 Å². The van der Waals surface area contributed by atoms with Gasteiger partial charge in [0.2, 0.25) is 10.0 Å². The maximum Gasteiger partial charge on any atom is 0.303 e. The number of hydrogen-bond donors (Lipinski definition) is 0. The summed E-state index contributed by atoms with van der Waals surface area (Å²) in [4.78, 5) is 11.6. The van der Waals surface area contributed by atoms with Crippen molar-refractivity contribution in [1.82, 2.24) is 4.31 Å². The SMILES string of the molecule is CC(=O)OC(C#CCN(CCc1ccco1)S(=O)(=O)c1ccc(C)cc1)C1CCC1. The van der Waals surface area contributed by atoms with E-state index in [1.165, 1.54) is 11.2 Å². The zero-order valence-corrected chi connectivity index (χ0v) is 18.2. The highest BCUT2D eigenvalue weighted by Gasteiger charge is 2.28. The van der Waals surface area contributed by atoms with Gasteiger partial charge in [0.25, 0.3) is 0 Å². The van der Waals surface area contributed by atoms with Crippen LogP contribution in [0, 0.1) is 24.7 Å². The van der Waals surface area contributed by atoms with Crippen LogP contribution in [0.2, 0.25) is 0 Å². The number of nitrogens with zero attached hydrogens (tertiary/aromatic N) is 1. The Balaban J connectivity index is 1.78. The molecule has 160 valence electrons. The van der Waals surface area contributed by atoms with E-state index in [0.29, 0.717) is 12.2 Å². The first-order valence-corrected chi connectivity index (χ1v) is 11.5. The normalized spacial score (nSPS) is 15.2. The fourth-order valence-corrected chi connectivity index (χ4v) is 4.58. The fraction of sp³-hybridized carbons (Fsp3) is 0.435. The third-order valence-corrected chi connectivity index (χ3v) is 7.08. The zero-order chi connectivity index (χ0) is 21.6. The largest absolute Gasteiger partial charge is 0.469 e. The number of furan rings is 1. The van der Waals surface area contributed by atoms with E-state index in [1.807, 2.05) is 13.0 Å². The van der Waals surface area contributed by atoms with Gasteiger partial charge in [0, 0.05) is 25.8 Å². The van der Waals surface area contributed by atoms with Crippen molar-refractivity contribution < 1.29 is 22.4 Å². The zero-order valence-electron chi connectivity index (χ0n) is 17.3.